The third kappa shape index (κ3) is 4.79. The smallest absolute Gasteiger partial charge is 0.311 e. The maximum atomic E-state index is 12.4. The van der Waals surface area contributed by atoms with Crippen molar-refractivity contribution in [2.24, 2.45) is 5.92 Å². The highest BCUT2D eigenvalue weighted by Crippen LogP contribution is 2.29. The maximum Gasteiger partial charge on any atom is 0.311 e. The topological polar surface area (TPSA) is 99.5 Å². The molecule has 0 unspecified atom stereocenters. The van der Waals surface area contributed by atoms with Crippen molar-refractivity contribution in [2.45, 2.75) is 19.4 Å². The highest BCUT2D eigenvalue weighted by molar-refractivity contribution is 5.94. The molecule has 1 aliphatic rings. The number of likely N-dealkylation sites (tertiary alicyclic amines) is 1. The Labute approximate surface area is 168 Å². The van der Waals surface area contributed by atoms with Crippen LogP contribution in [0.3, 0.4) is 0 Å². The average Bonchev–Trinajstić information content (AvgIpc) is 3.14. The number of nitrogens with one attached hydrogen (secondary N) is 1. The first-order chi connectivity index (χ1) is 14.0. The quantitative estimate of drug-likeness (QED) is 0.763. The number of hydrogen-bond donors (Lipinski definition) is 1. The predicted molar refractivity (Wildman–Crippen MR) is 105 cm³/mol. The van der Waals surface area contributed by atoms with Crippen molar-refractivity contribution in [2.75, 3.05) is 18.5 Å². The molecule has 1 saturated heterocycles. The van der Waals surface area contributed by atoms with Crippen molar-refractivity contribution < 1.29 is 19.1 Å². The van der Waals surface area contributed by atoms with Gasteiger partial charge >= 0.3 is 5.97 Å². The van der Waals surface area contributed by atoms with Crippen LogP contribution in [0, 0.1) is 17.2 Å². The zero-order chi connectivity index (χ0) is 20.8. The van der Waals surface area contributed by atoms with Gasteiger partial charge in [0.1, 0.15) is 6.07 Å². The first kappa shape index (κ1) is 20.1. The third-order valence-electron chi connectivity index (χ3n) is 4.91. The van der Waals surface area contributed by atoms with Gasteiger partial charge in [-0.15, -0.1) is 0 Å². The number of esters is 1. The lowest BCUT2D eigenvalue weighted by Gasteiger charge is -2.25. The average molecular weight is 391 g/mol. The van der Waals surface area contributed by atoms with Crippen molar-refractivity contribution in [1.29, 1.82) is 5.26 Å². The van der Waals surface area contributed by atoms with E-state index in [1.54, 1.807) is 29.2 Å². The number of nitrogens with zero attached hydrogens (tertiary/aromatic N) is 2. The van der Waals surface area contributed by atoms with E-state index in [2.05, 4.69) is 5.32 Å². The first-order valence-electron chi connectivity index (χ1n) is 9.29. The van der Waals surface area contributed by atoms with Crippen LogP contribution >= 0.6 is 0 Å². The van der Waals surface area contributed by atoms with Gasteiger partial charge in [0.05, 0.1) is 23.2 Å². The molecule has 2 aromatic rings. The van der Waals surface area contributed by atoms with Crippen molar-refractivity contribution >= 4 is 23.5 Å². The molecule has 3 rings (SSSR count). The molecular weight excluding hydrogens is 370 g/mol. The van der Waals surface area contributed by atoms with Gasteiger partial charge in [-0.25, -0.2) is 0 Å². The van der Waals surface area contributed by atoms with E-state index in [4.69, 9.17) is 10.00 Å². The normalized spacial score (nSPS) is 16.8. The summed E-state index contributed by atoms with van der Waals surface area (Å²) in [5, 5.41) is 11.6. The number of ether oxygens (including phenoxy) is 1. The lowest BCUT2D eigenvalue weighted by Crippen LogP contribution is -2.30. The Bertz CT molecular complexity index is 952. The van der Waals surface area contributed by atoms with E-state index in [-0.39, 0.29) is 24.9 Å². The zero-order valence-electron chi connectivity index (χ0n) is 16.0. The molecule has 148 valence electrons. The number of benzene rings is 2. The van der Waals surface area contributed by atoms with E-state index >= 15 is 0 Å². The summed E-state index contributed by atoms with van der Waals surface area (Å²) in [4.78, 5) is 38.4. The van der Waals surface area contributed by atoms with Crippen LogP contribution in [0.15, 0.2) is 54.6 Å². The molecule has 0 saturated carbocycles. The van der Waals surface area contributed by atoms with E-state index in [0.29, 0.717) is 11.3 Å². The van der Waals surface area contributed by atoms with Gasteiger partial charge in [-0.3, -0.25) is 14.4 Å². The van der Waals surface area contributed by atoms with Crippen LogP contribution in [0.4, 0.5) is 5.69 Å². The minimum atomic E-state index is -0.604. The third-order valence-corrected chi connectivity index (χ3v) is 4.91. The molecule has 0 radical (unpaired) electrons. The van der Waals surface area contributed by atoms with Gasteiger partial charge in [0.15, 0.2) is 6.61 Å². The molecule has 7 heteroatoms. The molecule has 7 nitrogen and oxygen atoms in total. The highest BCUT2D eigenvalue weighted by atomic mass is 16.5. The molecule has 0 aliphatic carbocycles. The van der Waals surface area contributed by atoms with Gasteiger partial charge in [-0.05, 0) is 24.6 Å². The van der Waals surface area contributed by atoms with Crippen molar-refractivity contribution in [3.05, 3.63) is 65.7 Å². The van der Waals surface area contributed by atoms with Crippen LogP contribution in [0.1, 0.15) is 30.5 Å². The number of anilines is 1. The first-order valence-corrected chi connectivity index (χ1v) is 9.29. The van der Waals surface area contributed by atoms with Crippen molar-refractivity contribution in [3.63, 3.8) is 0 Å². The Balaban J connectivity index is 1.53. The highest BCUT2D eigenvalue weighted by Gasteiger charge is 2.38. The Hall–Kier alpha value is -3.66. The summed E-state index contributed by atoms with van der Waals surface area (Å²) < 4.78 is 5.10. The summed E-state index contributed by atoms with van der Waals surface area (Å²) in [5.41, 5.74) is 1.67. The molecule has 1 N–H and O–H groups in total. The molecule has 0 bridgehead atoms. The zero-order valence-corrected chi connectivity index (χ0v) is 16.0. The molecule has 1 fully saturated rings. The number of amides is 2. The SMILES string of the molecule is C[C@@H](c1ccccc1)N1C[C@H](C(=O)OCC(=O)Nc2ccccc2C#N)CC1=O. The number of rotatable bonds is 6. The van der Waals surface area contributed by atoms with Crippen LogP contribution in [0.2, 0.25) is 0 Å². The van der Waals surface area contributed by atoms with Crippen molar-refractivity contribution in [3.8, 4) is 6.07 Å². The number of para-hydroxylation sites is 1. The molecule has 29 heavy (non-hydrogen) atoms. The van der Waals surface area contributed by atoms with Crippen LogP contribution in [-0.2, 0) is 19.1 Å². The molecule has 0 aromatic heterocycles. The summed E-state index contributed by atoms with van der Waals surface area (Å²) >= 11 is 0. The Morgan fingerprint density at radius 1 is 1.21 bits per heavy atom. The molecule has 1 heterocycles. The Morgan fingerprint density at radius 3 is 2.62 bits per heavy atom. The van der Waals surface area contributed by atoms with Crippen LogP contribution in [0.5, 0.6) is 0 Å². The van der Waals surface area contributed by atoms with E-state index in [1.165, 1.54) is 0 Å². The minimum Gasteiger partial charge on any atom is -0.455 e. The second kappa shape index (κ2) is 9.02. The minimum absolute atomic E-state index is 0.0644. The monoisotopic (exact) mass is 391 g/mol. The second-order valence-electron chi connectivity index (χ2n) is 6.85. The van der Waals surface area contributed by atoms with Gasteiger partial charge in [0, 0.05) is 13.0 Å². The number of carbonyl (C=O) groups excluding carboxylic acids is 3. The Morgan fingerprint density at radius 2 is 1.90 bits per heavy atom. The van der Waals surface area contributed by atoms with Gasteiger partial charge < -0.3 is 15.0 Å². The van der Waals surface area contributed by atoms with Gasteiger partial charge in [0.25, 0.3) is 5.91 Å². The molecule has 1 aliphatic heterocycles. The molecule has 2 aromatic carbocycles. The molecule has 2 amide bonds. The summed E-state index contributed by atoms with van der Waals surface area (Å²) in [6.07, 6.45) is 0.0644. The molecule has 0 spiro atoms. The van der Waals surface area contributed by atoms with Crippen LogP contribution in [0.25, 0.3) is 0 Å². The second-order valence-corrected chi connectivity index (χ2v) is 6.85. The lowest BCUT2D eigenvalue weighted by atomic mass is 10.1. The van der Waals surface area contributed by atoms with Gasteiger partial charge in [0.2, 0.25) is 5.91 Å². The summed E-state index contributed by atoms with van der Waals surface area (Å²) in [6, 6.07) is 18.0. The van der Waals surface area contributed by atoms with E-state index in [1.807, 2.05) is 43.3 Å². The Kier molecular flexibility index (Phi) is 6.25. The summed E-state index contributed by atoms with van der Waals surface area (Å²) in [6.45, 7) is 1.70. The van der Waals surface area contributed by atoms with Crippen molar-refractivity contribution in [1.82, 2.24) is 4.90 Å². The predicted octanol–water partition coefficient (Wildman–Crippen LogP) is 2.65. The van der Waals surface area contributed by atoms with Gasteiger partial charge in [-0.2, -0.15) is 5.26 Å². The number of carbonyl (C=O) groups is 3. The molecule has 2 atom stereocenters. The fraction of sp³-hybridized carbons (Fsp3) is 0.273. The van der Waals surface area contributed by atoms with E-state index in [9.17, 15) is 14.4 Å². The lowest BCUT2D eigenvalue weighted by molar-refractivity contribution is -0.151. The fourth-order valence-electron chi connectivity index (χ4n) is 3.31. The summed E-state index contributed by atoms with van der Waals surface area (Å²) in [5.74, 6) is -1.84. The summed E-state index contributed by atoms with van der Waals surface area (Å²) in [7, 11) is 0. The number of nitriles is 1. The van der Waals surface area contributed by atoms with Gasteiger partial charge in [-0.1, -0.05) is 42.5 Å². The van der Waals surface area contributed by atoms with Crippen LogP contribution < -0.4 is 5.32 Å². The standard InChI is InChI=1S/C22H21N3O4/c1-15(16-7-3-2-4-8-16)25-13-18(11-21(25)27)22(28)29-14-20(26)24-19-10-6-5-9-17(19)12-23/h2-10,15,18H,11,13-14H2,1H3,(H,24,26)/t15-,18+/m0/s1. The fourth-order valence-corrected chi connectivity index (χ4v) is 3.31. The van der Waals surface area contributed by atoms with E-state index in [0.717, 1.165) is 5.56 Å². The number of hydrogen-bond acceptors (Lipinski definition) is 5. The maximum absolute atomic E-state index is 12.4. The molecular formula is C22H21N3O4. The largest absolute Gasteiger partial charge is 0.455 e. The van der Waals surface area contributed by atoms with E-state index < -0.39 is 24.4 Å². The van der Waals surface area contributed by atoms with Crippen LogP contribution in [-0.4, -0.2) is 35.8 Å².